The van der Waals surface area contributed by atoms with Crippen LogP contribution < -0.4 is 0 Å². The Morgan fingerprint density at radius 3 is 2.66 bits per heavy atom. The molecule has 142 valence electrons. The largest absolute Gasteiger partial charge is 0.478 e. The van der Waals surface area contributed by atoms with Crippen LogP contribution in [0.15, 0.2) is 73.1 Å². The molecule has 4 rings (SSSR count). The van der Waals surface area contributed by atoms with Crippen molar-refractivity contribution in [2.24, 2.45) is 0 Å². The second-order valence-electron chi connectivity index (χ2n) is 6.73. The molecule has 2 heterocycles. The highest BCUT2D eigenvalue weighted by molar-refractivity contribution is 6.19. The van der Waals surface area contributed by atoms with Crippen molar-refractivity contribution >= 4 is 28.9 Å². The third-order valence-electron chi connectivity index (χ3n) is 4.82. The highest BCUT2D eigenvalue weighted by Gasteiger charge is 2.19. The fourth-order valence-corrected chi connectivity index (χ4v) is 3.43. The number of aryl methyl sites for hydroxylation is 1. The second kappa shape index (κ2) is 7.56. The molecular formula is C24H18N2O3. The number of aliphatic carboxylic acids is 1. The fraction of sp³-hybridized carbons (Fsp3) is 0.0417. The number of nitrogens with one attached hydrogen (secondary N) is 1. The lowest BCUT2D eigenvalue weighted by Gasteiger charge is -2.08. The van der Waals surface area contributed by atoms with Gasteiger partial charge in [-0.15, -0.1) is 0 Å². The van der Waals surface area contributed by atoms with Crippen LogP contribution >= 0.6 is 0 Å². The Morgan fingerprint density at radius 2 is 1.86 bits per heavy atom. The Balaban J connectivity index is 1.86. The number of benzene rings is 2. The lowest BCUT2D eigenvalue weighted by molar-refractivity contribution is -0.131. The van der Waals surface area contributed by atoms with Crippen LogP contribution in [0.2, 0.25) is 0 Å². The summed E-state index contributed by atoms with van der Waals surface area (Å²) in [4.78, 5) is 31.5. The van der Waals surface area contributed by atoms with Crippen LogP contribution in [0.5, 0.6) is 0 Å². The molecule has 0 atom stereocenters. The zero-order chi connectivity index (χ0) is 20.4. The number of rotatable bonds is 5. The first-order chi connectivity index (χ1) is 14.0. The Morgan fingerprint density at radius 1 is 1.03 bits per heavy atom. The number of hydrogen-bond acceptors (Lipinski definition) is 3. The summed E-state index contributed by atoms with van der Waals surface area (Å²) in [7, 11) is 0. The van der Waals surface area contributed by atoms with Crippen molar-refractivity contribution in [3.8, 4) is 11.1 Å². The normalized spacial score (nSPS) is 11.2. The predicted octanol–water partition coefficient (Wildman–Crippen LogP) is 4.87. The molecule has 0 bridgehead atoms. The van der Waals surface area contributed by atoms with Crippen molar-refractivity contribution in [3.63, 3.8) is 0 Å². The zero-order valence-electron chi connectivity index (χ0n) is 15.7. The van der Waals surface area contributed by atoms with E-state index < -0.39 is 5.97 Å². The zero-order valence-corrected chi connectivity index (χ0v) is 15.7. The molecule has 0 spiro atoms. The van der Waals surface area contributed by atoms with E-state index in [-0.39, 0.29) is 5.78 Å². The highest BCUT2D eigenvalue weighted by Crippen LogP contribution is 2.32. The molecule has 0 radical (unpaired) electrons. The van der Waals surface area contributed by atoms with Gasteiger partial charge in [0.1, 0.15) is 5.65 Å². The van der Waals surface area contributed by atoms with Gasteiger partial charge in [0, 0.05) is 29.4 Å². The number of carboxylic acid groups (broad SMARTS) is 1. The van der Waals surface area contributed by atoms with Gasteiger partial charge in [0.05, 0.1) is 5.56 Å². The number of hydrogen-bond donors (Lipinski definition) is 2. The van der Waals surface area contributed by atoms with Gasteiger partial charge in [-0.3, -0.25) is 4.79 Å². The molecule has 2 N–H and O–H groups in total. The van der Waals surface area contributed by atoms with E-state index in [9.17, 15) is 9.59 Å². The minimum Gasteiger partial charge on any atom is -0.478 e. The van der Waals surface area contributed by atoms with Crippen molar-refractivity contribution < 1.29 is 14.7 Å². The van der Waals surface area contributed by atoms with Crippen LogP contribution in [0.1, 0.15) is 27.0 Å². The number of aromatic nitrogens is 2. The Labute approximate surface area is 167 Å². The molecule has 0 saturated heterocycles. The molecule has 0 unspecified atom stereocenters. The summed E-state index contributed by atoms with van der Waals surface area (Å²) >= 11 is 0. The van der Waals surface area contributed by atoms with Crippen molar-refractivity contribution in [1.82, 2.24) is 9.97 Å². The van der Waals surface area contributed by atoms with E-state index in [1.54, 1.807) is 18.5 Å². The molecule has 0 aliphatic carbocycles. The summed E-state index contributed by atoms with van der Waals surface area (Å²) in [6.07, 6.45) is 6.03. The molecule has 5 heteroatoms. The predicted molar refractivity (Wildman–Crippen MR) is 113 cm³/mol. The van der Waals surface area contributed by atoms with E-state index in [0.717, 1.165) is 33.7 Å². The first kappa shape index (κ1) is 18.4. The van der Waals surface area contributed by atoms with Gasteiger partial charge in [-0.1, -0.05) is 42.5 Å². The van der Waals surface area contributed by atoms with Crippen molar-refractivity contribution in [2.75, 3.05) is 0 Å². The van der Waals surface area contributed by atoms with Crippen LogP contribution in [0.3, 0.4) is 0 Å². The molecule has 0 fully saturated rings. The molecule has 0 saturated carbocycles. The van der Waals surface area contributed by atoms with E-state index in [4.69, 9.17) is 5.11 Å². The number of ketones is 1. The highest BCUT2D eigenvalue weighted by atomic mass is 16.4. The quantitative estimate of drug-likeness (QED) is 0.381. The molecule has 0 amide bonds. The molecule has 0 aliphatic rings. The van der Waals surface area contributed by atoms with Crippen molar-refractivity contribution in [1.29, 1.82) is 0 Å². The SMILES string of the molecule is Cc1ccccc1C(=O)c1c[nH]c2nccc(-c3cccc(C=CC(=O)O)c3)c12. The molecule has 4 aromatic rings. The smallest absolute Gasteiger partial charge is 0.328 e. The second-order valence-corrected chi connectivity index (χ2v) is 6.73. The molecule has 5 nitrogen and oxygen atoms in total. The van der Waals surface area contributed by atoms with E-state index in [1.165, 1.54) is 0 Å². The van der Waals surface area contributed by atoms with Crippen LogP contribution in [0.4, 0.5) is 0 Å². The summed E-state index contributed by atoms with van der Waals surface area (Å²) in [5.41, 5.74) is 5.26. The number of carboxylic acids is 1. The third kappa shape index (κ3) is 3.58. The van der Waals surface area contributed by atoms with Crippen LogP contribution in [0, 0.1) is 6.92 Å². The topological polar surface area (TPSA) is 83.0 Å². The number of carbonyl (C=O) groups excluding carboxylic acids is 1. The standard InChI is InChI=1S/C24H18N2O3/c1-15-5-2-3-8-18(15)23(29)20-14-26-24-22(20)19(11-12-25-24)17-7-4-6-16(13-17)9-10-21(27)28/h2-14H,1H3,(H,25,26)(H,27,28). The lowest BCUT2D eigenvalue weighted by Crippen LogP contribution is -2.03. The maximum absolute atomic E-state index is 13.2. The molecular weight excluding hydrogens is 364 g/mol. The molecule has 2 aromatic heterocycles. The Bertz CT molecular complexity index is 1270. The average Bonchev–Trinajstić information content (AvgIpc) is 3.16. The van der Waals surface area contributed by atoms with Crippen LogP contribution in [-0.4, -0.2) is 26.8 Å². The molecule has 0 aliphatic heterocycles. The summed E-state index contributed by atoms with van der Waals surface area (Å²) < 4.78 is 0. The number of H-pyrrole nitrogens is 1. The minimum atomic E-state index is -1.00. The van der Waals surface area contributed by atoms with E-state index in [1.807, 2.05) is 61.5 Å². The van der Waals surface area contributed by atoms with E-state index in [2.05, 4.69) is 9.97 Å². The van der Waals surface area contributed by atoms with Gasteiger partial charge < -0.3 is 10.1 Å². The monoisotopic (exact) mass is 382 g/mol. The summed E-state index contributed by atoms with van der Waals surface area (Å²) in [5.74, 6) is -1.07. The van der Waals surface area contributed by atoms with Gasteiger partial charge in [-0.2, -0.15) is 0 Å². The Kier molecular flexibility index (Phi) is 4.79. The first-order valence-electron chi connectivity index (χ1n) is 9.12. The third-order valence-corrected chi connectivity index (χ3v) is 4.82. The number of aromatic amines is 1. The lowest BCUT2D eigenvalue weighted by atomic mass is 9.95. The van der Waals surface area contributed by atoms with Gasteiger partial charge in [0.2, 0.25) is 0 Å². The molecule has 29 heavy (non-hydrogen) atoms. The number of carbonyl (C=O) groups is 2. The van der Waals surface area contributed by atoms with Crippen LogP contribution in [0.25, 0.3) is 28.2 Å². The average molecular weight is 382 g/mol. The summed E-state index contributed by atoms with van der Waals surface area (Å²) in [5, 5.41) is 9.62. The number of pyridine rings is 1. The summed E-state index contributed by atoms with van der Waals surface area (Å²) in [6, 6.07) is 16.9. The van der Waals surface area contributed by atoms with Gasteiger partial charge in [-0.25, -0.2) is 9.78 Å². The maximum Gasteiger partial charge on any atom is 0.328 e. The van der Waals surface area contributed by atoms with E-state index >= 15 is 0 Å². The maximum atomic E-state index is 13.2. The van der Waals surface area contributed by atoms with E-state index in [0.29, 0.717) is 16.8 Å². The van der Waals surface area contributed by atoms with Crippen molar-refractivity contribution in [3.05, 3.63) is 95.3 Å². The van der Waals surface area contributed by atoms with Crippen molar-refractivity contribution in [2.45, 2.75) is 6.92 Å². The van der Waals surface area contributed by atoms with Gasteiger partial charge >= 0.3 is 5.97 Å². The number of nitrogens with zero attached hydrogens (tertiary/aromatic N) is 1. The Hall–Kier alpha value is -3.99. The van der Waals surface area contributed by atoms with Gasteiger partial charge in [0.15, 0.2) is 5.78 Å². The molecule has 2 aromatic carbocycles. The summed E-state index contributed by atoms with van der Waals surface area (Å²) in [6.45, 7) is 1.92. The first-order valence-corrected chi connectivity index (χ1v) is 9.12. The minimum absolute atomic E-state index is 0.0643. The van der Waals surface area contributed by atoms with Gasteiger partial charge in [0.25, 0.3) is 0 Å². The number of fused-ring (bicyclic) bond motifs is 1. The van der Waals surface area contributed by atoms with Crippen LogP contribution in [-0.2, 0) is 4.79 Å². The fourth-order valence-electron chi connectivity index (χ4n) is 3.43. The van der Waals surface area contributed by atoms with Gasteiger partial charge in [-0.05, 0) is 47.4 Å².